The molecule has 0 radical (unpaired) electrons. The maximum atomic E-state index is 13.3. The topological polar surface area (TPSA) is 36.7 Å². The van der Waals surface area contributed by atoms with Crippen LogP contribution in [0.1, 0.15) is 31.0 Å². The zero-order valence-corrected chi connectivity index (χ0v) is 13.6. The molecule has 0 aliphatic rings. The van der Waals surface area contributed by atoms with Crippen molar-refractivity contribution in [2.24, 2.45) is 0 Å². The molecule has 1 aromatic heterocycles. The molecule has 0 saturated heterocycles. The van der Waals surface area contributed by atoms with Gasteiger partial charge in [0.15, 0.2) is 0 Å². The highest BCUT2D eigenvalue weighted by Crippen LogP contribution is 2.32. The molecule has 24 heavy (non-hydrogen) atoms. The van der Waals surface area contributed by atoms with E-state index >= 15 is 0 Å². The molecule has 0 bridgehead atoms. The highest BCUT2D eigenvalue weighted by atomic mass is 19.1. The molecule has 0 saturated carbocycles. The lowest BCUT2D eigenvalue weighted by molar-refractivity contribution is 0.628. The Morgan fingerprint density at radius 2 is 1.62 bits per heavy atom. The van der Waals surface area contributed by atoms with Gasteiger partial charge in [-0.15, -0.1) is 0 Å². The quantitative estimate of drug-likeness (QED) is 0.635. The van der Waals surface area contributed by atoms with Gasteiger partial charge in [-0.05, 0) is 29.7 Å². The summed E-state index contributed by atoms with van der Waals surface area (Å²) in [5, 5.41) is 9.66. The van der Waals surface area contributed by atoms with E-state index in [1.54, 1.807) is 12.1 Å². The van der Waals surface area contributed by atoms with Gasteiger partial charge in [-0.25, -0.2) is 4.39 Å². The van der Waals surface area contributed by atoms with Gasteiger partial charge in [0.25, 0.3) is 0 Å². The van der Waals surface area contributed by atoms with Crippen LogP contribution in [0, 0.1) is 17.1 Å². The molecule has 0 unspecified atom stereocenters. The fourth-order valence-electron chi connectivity index (χ4n) is 2.71. The SMILES string of the molecule is CC(C)c1nc(-c2ccccc2)cc(-c2ccc(F)cc2)c1C#N. The lowest BCUT2D eigenvalue weighted by atomic mass is 9.93. The van der Waals surface area contributed by atoms with Gasteiger partial charge in [-0.1, -0.05) is 56.3 Å². The molecule has 0 fully saturated rings. The standard InChI is InChI=1S/C21H17FN2/c1-14(2)21-19(13-23)18(15-8-10-17(22)11-9-15)12-20(24-21)16-6-4-3-5-7-16/h3-12,14H,1-2H3. The van der Waals surface area contributed by atoms with E-state index in [2.05, 4.69) is 6.07 Å². The molecule has 3 rings (SSSR count). The highest BCUT2D eigenvalue weighted by Gasteiger charge is 2.17. The van der Waals surface area contributed by atoms with Crippen molar-refractivity contribution in [2.75, 3.05) is 0 Å². The fraction of sp³-hybridized carbons (Fsp3) is 0.143. The van der Waals surface area contributed by atoms with Crippen LogP contribution in [0.2, 0.25) is 0 Å². The van der Waals surface area contributed by atoms with Crippen molar-refractivity contribution in [1.82, 2.24) is 4.98 Å². The van der Waals surface area contributed by atoms with Crippen molar-refractivity contribution < 1.29 is 4.39 Å². The number of nitriles is 1. The minimum absolute atomic E-state index is 0.113. The number of rotatable bonds is 3. The van der Waals surface area contributed by atoms with Crippen LogP contribution in [-0.4, -0.2) is 4.98 Å². The van der Waals surface area contributed by atoms with Gasteiger partial charge in [0.2, 0.25) is 0 Å². The van der Waals surface area contributed by atoms with Gasteiger partial charge in [0.05, 0.1) is 17.0 Å². The maximum absolute atomic E-state index is 13.3. The monoisotopic (exact) mass is 316 g/mol. The minimum atomic E-state index is -0.293. The van der Waals surface area contributed by atoms with E-state index in [1.807, 2.05) is 50.2 Å². The number of hydrogen-bond acceptors (Lipinski definition) is 2. The predicted octanol–water partition coefficient (Wildman–Crippen LogP) is 5.55. The number of hydrogen-bond donors (Lipinski definition) is 0. The van der Waals surface area contributed by atoms with Crippen LogP contribution in [0.25, 0.3) is 22.4 Å². The van der Waals surface area contributed by atoms with Gasteiger partial charge in [0.1, 0.15) is 11.9 Å². The van der Waals surface area contributed by atoms with Gasteiger partial charge in [0, 0.05) is 11.1 Å². The lowest BCUT2D eigenvalue weighted by Crippen LogP contribution is -2.02. The molecule has 0 aliphatic carbocycles. The first kappa shape index (κ1) is 15.9. The first-order valence-corrected chi connectivity index (χ1v) is 7.86. The summed E-state index contributed by atoms with van der Waals surface area (Å²) in [6, 6.07) is 20.3. The Morgan fingerprint density at radius 1 is 0.958 bits per heavy atom. The highest BCUT2D eigenvalue weighted by molar-refractivity contribution is 5.76. The van der Waals surface area contributed by atoms with Gasteiger partial charge >= 0.3 is 0 Å². The number of benzene rings is 2. The van der Waals surface area contributed by atoms with Crippen LogP contribution in [0.15, 0.2) is 60.7 Å². The van der Waals surface area contributed by atoms with Crippen molar-refractivity contribution in [2.45, 2.75) is 19.8 Å². The van der Waals surface area contributed by atoms with E-state index in [0.717, 1.165) is 28.1 Å². The fourth-order valence-corrected chi connectivity index (χ4v) is 2.71. The summed E-state index contributed by atoms with van der Waals surface area (Å²) >= 11 is 0. The summed E-state index contributed by atoms with van der Waals surface area (Å²) in [6.07, 6.45) is 0. The molecule has 3 heteroatoms. The third-order valence-electron chi connectivity index (χ3n) is 3.93. The van der Waals surface area contributed by atoms with Crippen LogP contribution in [0.5, 0.6) is 0 Å². The lowest BCUT2D eigenvalue weighted by Gasteiger charge is -2.15. The van der Waals surface area contributed by atoms with Crippen molar-refractivity contribution in [1.29, 1.82) is 5.26 Å². The van der Waals surface area contributed by atoms with Gasteiger partial charge in [-0.3, -0.25) is 4.98 Å². The summed E-state index contributed by atoms with van der Waals surface area (Å²) in [5.41, 5.74) is 4.73. The smallest absolute Gasteiger partial charge is 0.123 e. The Bertz CT molecular complexity index is 892. The molecule has 2 aromatic carbocycles. The Morgan fingerprint density at radius 3 is 2.21 bits per heavy atom. The third-order valence-corrected chi connectivity index (χ3v) is 3.93. The first-order valence-electron chi connectivity index (χ1n) is 7.86. The van der Waals surface area contributed by atoms with E-state index < -0.39 is 0 Å². The van der Waals surface area contributed by atoms with Crippen LogP contribution < -0.4 is 0 Å². The Hall–Kier alpha value is -2.99. The molecule has 3 aromatic rings. The average molecular weight is 316 g/mol. The Labute approximate surface area is 141 Å². The Kier molecular flexibility index (Phi) is 4.39. The summed E-state index contributed by atoms with van der Waals surface area (Å²) in [4.78, 5) is 4.72. The van der Waals surface area contributed by atoms with Crippen molar-refractivity contribution in [3.63, 3.8) is 0 Å². The molecule has 118 valence electrons. The van der Waals surface area contributed by atoms with E-state index in [9.17, 15) is 9.65 Å². The number of nitrogens with zero attached hydrogens (tertiary/aromatic N) is 2. The largest absolute Gasteiger partial charge is 0.251 e. The second-order valence-electron chi connectivity index (χ2n) is 5.95. The van der Waals surface area contributed by atoms with Gasteiger partial charge in [-0.2, -0.15) is 5.26 Å². The molecule has 0 aliphatic heterocycles. The first-order chi connectivity index (χ1) is 11.6. The molecular formula is C21H17FN2. The molecule has 0 spiro atoms. The molecular weight excluding hydrogens is 299 g/mol. The predicted molar refractivity (Wildman–Crippen MR) is 93.9 cm³/mol. The molecule has 2 nitrogen and oxygen atoms in total. The summed E-state index contributed by atoms with van der Waals surface area (Å²) < 4.78 is 13.3. The van der Waals surface area contributed by atoms with Gasteiger partial charge < -0.3 is 0 Å². The Balaban J connectivity index is 2.28. The van der Waals surface area contributed by atoms with Crippen LogP contribution in [0.4, 0.5) is 4.39 Å². The zero-order valence-electron chi connectivity index (χ0n) is 13.6. The normalized spacial score (nSPS) is 10.6. The maximum Gasteiger partial charge on any atom is 0.123 e. The summed E-state index contributed by atoms with van der Waals surface area (Å²) in [5.74, 6) is -0.179. The van der Waals surface area contributed by atoms with E-state index in [-0.39, 0.29) is 11.7 Å². The van der Waals surface area contributed by atoms with Crippen LogP contribution >= 0.6 is 0 Å². The van der Waals surface area contributed by atoms with Crippen LogP contribution in [0.3, 0.4) is 0 Å². The number of pyridine rings is 1. The van der Waals surface area contributed by atoms with E-state index in [4.69, 9.17) is 4.98 Å². The third kappa shape index (κ3) is 3.04. The zero-order chi connectivity index (χ0) is 17.1. The van der Waals surface area contributed by atoms with E-state index in [0.29, 0.717) is 5.56 Å². The summed E-state index contributed by atoms with van der Waals surface area (Å²) in [7, 11) is 0. The number of aromatic nitrogens is 1. The van der Waals surface area contributed by atoms with E-state index in [1.165, 1.54) is 12.1 Å². The molecule has 0 N–H and O–H groups in total. The van der Waals surface area contributed by atoms with Crippen molar-refractivity contribution in [3.05, 3.63) is 77.7 Å². The molecule has 0 atom stereocenters. The van der Waals surface area contributed by atoms with Crippen molar-refractivity contribution in [3.8, 4) is 28.5 Å². The summed E-state index contributed by atoms with van der Waals surface area (Å²) in [6.45, 7) is 4.04. The second-order valence-corrected chi connectivity index (χ2v) is 5.95. The second kappa shape index (κ2) is 6.64. The van der Waals surface area contributed by atoms with Crippen molar-refractivity contribution >= 4 is 0 Å². The molecule has 1 heterocycles. The molecule has 0 amide bonds. The minimum Gasteiger partial charge on any atom is -0.251 e. The number of halogens is 1. The average Bonchev–Trinajstić information content (AvgIpc) is 2.62. The van der Waals surface area contributed by atoms with Crippen LogP contribution in [-0.2, 0) is 0 Å².